The van der Waals surface area contributed by atoms with E-state index in [1.807, 2.05) is 30.5 Å². The number of benzene rings is 1. The van der Waals surface area contributed by atoms with Gasteiger partial charge in [0.15, 0.2) is 0 Å². The minimum absolute atomic E-state index is 0.846. The van der Waals surface area contributed by atoms with Crippen molar-refractivity contribution >= 4 is 5.82 Å². The maximum absolute atomic E-state index is 5.39. The molecule has 0 atom stereocenters. The van der Waals surface area contributed by atoms with Crippen LogP contribution in [-0.4, -0.2) is 30.6 Å². The smallest absolute Gasteiger partial charge is 0.125 e. The van der Waals surface area contributed by atoms with Crippen LogP contribution in [0, 0.1) is 0 Å². The van der Waals surface area contributed by atoms with Gasteiger partial charge in [0.1, 0.15) is 11.6 Å². The summed E-state index contributed by atoms with van der Waals surface area (Å²) in [5.41, 5.74) is 2.40. The average molecular weight is 285 g/mol. The molecule has 0 aliphatic carbocycles. The molecule has 2 aromatic rings. The van der Waals surface area contributed by atoms with Crippen LogP contribution >= 0.6 is 0 Å². The Labute approximate surface area is 126 Å². The molecule has 0 unspecified atom stereocenters. The molecular formula is C17H23N3O. The summed E-state index contributed by atoms with van der Waals surface area (Å²) in [4.78, 5) is 6.65. The summed E-state index contributed by atoms with van der Waals surface area (Å²) in [5.74, 6) is 1.86. The van der Waals surface area contributed by atoms with Crippen LogP contribution in [0.5, 0.6) is 5.75 Å². The van der Waals surface area contributed by atoms with E-state index in [0.717, 1.165) is 31.2 Å². The van der Waals surface area contributed by atoms with Gasteiger partial charge in [-0.15, -0.1) is 0 Å². The highest BCUT2D eigenvalue weighted by atomic mass is 16.5. The van der Waals surface area contributed by atoms with E-state index in [-0.39, 0.29) is 0 Å². The molecule has 1 heterocycles. The van der Waals surface area contributed by atoms with Gasteiger partial charge in [-0.25, -0.2) is 4.98 Å². The summed E-state index contributed by atoms with van der Waals surface area (Å²) in [5, 5.41) is 3.20. The third-order valence-electron chi connectivity index (χ3n) is 3.27. The Morgan fingerprint density at radius 3 is 2.62 bits per heavy atom. The molecule has 0 saturated carbocycles. The van der Waals surface area contributed by atoms with Gasteiger partial charge in [0.25, 0.3) is 0 Å². The number of methoxy groups -OCH3 is 1. The lowest BCUT2D eigenvalue weighted by Crippen LogP contribution is -2.17. The van der Waals surface area contributed by atoms with E-state index in [4.69, 9.17) is 4.74 Å². The van der Waals surface area contributed by atoms with Gasteiger partial charge in [-0.05, 0) is 31.7 Å². The van der Waals surface area contributed by atoms with Crippen molar-refractivity contribution in [1.29, 1.82) is 0 Å². The molecular weight excluding hydrogens is 262 g/mol. The second-order valence-electron chi connectivity index (χ2n) is 5.07. The topological polar surface area (TPSA) is 37.4 Å². The molecule has 0 fully saturated rings. The number of pyridine rings is 1. The van der Waals surface area contributed by atoms with E-state index in [1.165, 1.54) is 11.1 Å². The van der Waals surface area contributed by atoms with Crippen molar-refractivity contribution in [3.8, 4) is 5.75 Å². The molecule has 21 heavy (non-hydrogen) atoms. The van der Waals surface area contributed by atoms with Crippen LogP contribution < -0.4 is 10.1 Å². The molecule has 0 spiro atoms. The van der Waals surface area contributed by atoms with Crippen molar-refractivity contribution in [1.82, 2.24) is 9.88 Å². The van der Waals surface area contributed by atoms with Gasteiger partial charge in [0.2, 0.25) is 0 Å². The lowest BCUT2D eigenvalue weighted by molar-refractivity contribution is 0.310. The number of aromatic nitrogens is 1. The fraction of sp³-hybridized carbons (Fsp3) is 0.353. The second-order valence-corrected chi connectivity index (χ2v) is 5.07. The van der Waals surface area contributed by atoms with E-state index >= 15 is 0 Å². The third kappa shape index (κ3) is 4.46. The number of nitrogens with one attached hydrogen (secondary N) is 1. The molecule has 1 aromatic carbocycles. The van der Waals surface area contributed by atoms with Gasteiger partial charge < -0.3 is 10.1 Å². The highest BCUT2D eigenvalue weighted by molar-refractivity contribution is 5.35. The van der Waals surface area contributed by atoms with Crippen LogP contribution in [0.2, 0.25) is 0 Å². The fourth-order valence-electron chi connectivity index (χ4n) is 2.30. The predicted octanol–water partition coefficient (Wildman–Crippen LogP) is 3.15. The minimum Gasteiger partial charge on any atom is -0.496 e. The van der Waals surface area contributed by atoms with Crippen molar-refractivity contribution < 1.29 is 4.74 Å². The lowest BCUT2D eigenvalue weighted by atomic mass is 10.2. The van der Waals surface area contributed by atoms with Crippen LogP contribution in [0.15, 0.2) is 42.6 Å². The molecule has 0 saturated heterocycles. The maximum atomic E-state index is 5.39. The van der Waals surface area contributed by atoms with Gasteiger partial charge in [-0.3, -0.25) is 4.90 Å². The second kappa shape index (κ2) is 7.64. The fourth-order valence-corrected chi connectivity index (χ4v) is 2.30. The normalized spacial score (nSPS) is 10.7. The zero-order chi connectivity index (χ0) is 15.1. The van der Waals surface area contributed by atoms with Crippen molar-refractivity contribution in [3.05, 3.63) is 53.7 Å². The Kier molecular flexibility index (Phi) is 5.58. The Balaban J connectivity index is 1.96. The molecule has 1 N–H and O–H groups in total. The molecule has 0 aliphatic heterocycles. The number of anilines is 1. The summed E-state index contributed by atoms with van der Waals surface area (Å²) in [6, 6.07) is 12.3. The van der Waals surface area contributed by atoms with Crippen molar-refractivity contribution in [3.63, 3.8) is 0 Å². The summed E-state index contributed by atoms with van der Waals surface area (Å²) >= 11 is 0. The summed E-state index contributed by atoms with van der Waals surface area (Å²) < 4.78 is 5.39. The summed E-state index contributed by atoms with van der Waals surface area (Å²) in [6.45, 7) is 4.66. The van der Waals surface area contributed by atoms with Gasteiger partial charge in [0.05, 0.1) is 7.11 Å². The highest BCUT2D eigenvalue weighted by Crippen LogP contribution is 2.19. The molecule has 1 aromatic heterocycles. The third-order valence-corrected chi connectivity index (χ3v) is 3.27. The number of hydrogen-bond donors (Lipinski definition) is 1. The van der Waals surface area contributed by atoms with Crippen molar-refractivity contribution in [2.45, 2.75) is 20.0 Å². The monoisotopic (exact) mass is 285 g/mol. The number of ether oxygens (including phenoxy) is 1. The Morgan fingerprint density at radius 2 is 1.95 bits per heavy atom. The molecule has 4 heteroatoms. The van der Waals surface area contributed by atoms with Crippen LogP contribution in [-0.2, 0) is 13.1 Å². The molecule has 0 aliphatic rings. The van der Waals surface area contributed by atoms with E-state index in [1.54, 1.807) is 7.11 Å². The molecule has 4 nitrogen and oxygen atoms in total. The van der Waals surface area contributed by atoms with Gasteiger partial charge >= 0.3 is 0 Å². The molecule has 112 valence electrons. The first-order chi connectivity index (χ1) is 10.2. The molecule has 0 amide bonds. The first-order valence-corrected chi connectivity index (χ1v) is 7.22. The summed E-state index contributed by atoms with van der Waals surface area (Å²) in [6.07, 6.45) is 1.93. The SMILES string of the molecule is CCNc1ccc(CN(C)Cc2ccccc2OC)cn1. The number of rotatable bonds is 7. The maximum Gasteiger partial charge on any atom is 0.125 e. The van der Waals surface area contributed by atoms with Crippen LogP contribution in [0.4, 0.5) is 5.82 Å². The quantitative estimate of drug-likeness (QED) is 0.848. The number of hydrogen-bond acceptors (Lipinski definition) is 4. The van der Waals surface area contributed by atoms with Gasteiger partial charge in [-0.2, -0.15) is 0 Å². The van der Waals surface area contributed by atoms with Gasteiger partial charge in [-0.1, -0.05) is 24.3 Å². The van der Waals surface area contributed by atoms with E-state index in [0.29, 0.717) is 0 Å². The van der Waals surface area contributed by atoms with Crippen LogP contribution in [0.1, 0.15) is 18.1 Å². The standard InChI is InChI=1S/C17H23N3O/c1-4-18-17-10-9-14(11-19-17)12-20(2)13-15-7-5-6-8-16(15)21-3/h5-11H,4,12-13H2,1-3H3,(H,18,19). The number of nitrogens with zero attached hydrogens (tertiary/aromatic N) is 2. The summed E-state index contributed by atoms with van der Waals surface area (Å²) in [7, 11) is 3.81. The van der Waals surface area contributed by atoms with Crippen LogP contribution in [0.3, 0.4) is 0 Å². The van der Waals surface area contributed by atoms with Crippen molar-refractivity contribution in [2.24, 2.45) is 0 Å². The van der Waals surface area contributed by atoms with E-state index in [9.17, 15) is 0 Å². The molecule has 0 radical (unpaired) electrons. The first kappa shape index (κ1) is 15.3. The Hall–Kier alpha value is -2.07. The minimum atomic E-state index is 0.846. The van der Waals surface area contributed by atoms with Crippen LogP contribution in [0.25, 0.3) is 0 Å². The first-order valence-electron chi connectivity index (χ1n) is 7.22. The molecule has 0 bridgehead atoms. The Bertz CT molecular complexity index is 554. The van der Waals surface area contributed by atoms with Gasteiger partial charge in [0, 0.05) is 31.4 Å². The molecule has 2 rings (SSSR count). The number of para-hydroxylation sites is 1. The predicted molar refractivity (Wildman–Crippen MR) is 86.6 cm³/mol. The lowest BCUT2D eigenvalue weighted by Gasteiger charge is -2.18. The van der Waals surface area contributed by atoms with E-state index < -0.39 is 0 Å². The zero-order valence-corrected chi connectivity index (χ0v) is 13.0. The average Bonchev–Trinajstić information content (AvgIpc) is 2.50. The van der Waals surface area contributed by atoms with E-state index in [2.05, 4.69) is 41.3 Å². The zero-order valence-electron chi connectivity index (χ0n) is 13.0. The largest absolute Gasteiger partial charge is 0.496 e. The highest BCUT2D eigenvalue weighted by Gasteiger charge is 2.06. The Morgan fingerprint density at radius 1 is 1.14 bits per heavy atom. The van der Waals surface area contributed by atoms with Crippen molar-refractivity contribution in [2.75, 3.05) is 26.0 Å².